The van der Waals surface area contributed by atoms with Gasteiger partial charge in [-0.25, -0.2) is 17.2 Å². The third-order valence-electron chi connectivity index (χ3n) is 2.56. The van der Waals surface area contributed by atoms with E-state index in [2.05, 4.69) is 5.10 Å². The topological polar surface area (TPSA) is 61.2 Å². The number of halogens is 3. The predicted molar refractivity (Wildman–Crippen MR) is 65.9 cm³/mol. The maximum atomic E-state index is 12.0. The van der Waals surface area contributed by atoms with Crippen LogP contribution in [0, 0.1) is 0 Å². The first-order valence-corrected chi connectivity index (χ1v) is 7.95. The molecule has 0 aromatic carbocycles. The second kappa shape index (κ2) is 6.62. The van der Waals surface area contributed by atoms with Crippen molar-refractivity contribution < 1.29 is 21.9 Å². The van der Waals surface area contributed by atoms with Crippen LogP contribution < -0.4 is 0 Å². The van der Waals surface area contributed by atoms with Crippen LogP contribution in [0.1, 0.15) is 32.0 Å². The van der Waals surface area contributed by atoms with Gasteiger partial charge in [0, 0.05) is 22.9 Å². The standard InChI is InChI=1S/C10H15ClF2N2O3S/c1-3-7(2)15-4-9(19(11,16)17)8(14-15)5-18-6-10(12)13/h4,7,10H,3,5-6H2,1-2H3/t7-/m0/s1. The number of hydrogen-bond donors (Lipinski definition) is 0. The zero-order valence-corrected chi connectivity index (χ0v) is 12.1. The first kappa shape index (κ1) is 16.3. The fourth-order valence-electron chi connectivity index (χ4n) is 1.37. The van der Waals surface area contributed by atoms with Gasteiger partial charge in [0.25, 0.3) is 15.5 Å². The number of hydrogen-bond acceptors (Lipinski definition) is 4. The van der Waals surface area contributed by atoms with Gasteiger partial charge in [-0.3, -0.25) is 4.68 Å². The van der Waals surface area contributed by atoms with Crippen LogP contribution in [-0.4, -0.2) is 31.2 Å². The monoisotopic (exact) mass is 316 g/mol. The van der Waals surface area contributed by atoms with Gasteiger partial charge in [-0.1, -0.05) is 6.92 Å². The van der Waals surface area contributed by atoms with Crippen LogP contribution in [0.2, 0.25) is 0 Å². The van der Waals surface area contributed by atoms with Crippen molar-refractivity contribution in [2.24, 2.45) is 0 Å². The fraction of sp³-hybridized carbons (Fsp3) is 0.700. The summed E-state index contributed by atoms with van der Waals surface area (Å²) in [6.07, 6.45) is -0.592. The molecular weight excluding hydrogens is 302 g/mol. The van der Waals surface area contributed by atoms with E-state index in [4.69, 9.17) is 15.4 Å². The third-order valence-corrected chi connectivity index (χ3v) is 3.92. The highest BCUT2D eigenvalue weighted by molar-refractivity contribution is 8.13. The van der Waals surface area contributed by atoms with E-state index < -0.39 is 22.1 Å². The minimum atomic E-state index is -3.98. The van der Waals surface area contributed by atoms with Gasteiger partial charge in [0.1, 0.15) is 17.2 Å². The second-order valence-corrected chi connectivity index (χ2v) is 6.56. The molecule has 0 amide bonds. The molecule has 0 saturated heterocycles. The molecule has 0 bridgehead atoms. The average molecular weight is 317 g/mol. The Morgan fingerprint density at radius 2 is 2.16 bits per heavy atom. The van der Waals surface area contributed by atoms with Crippen molar-refractivity contribution >= 4 is 19.7 Å². The molecule has 0 aliphatic rings. The van der Waals surface area contributed by atoms with Crippen molar-refractivity contribution in [1.29, 1.82) is 0 Å². The lowest BCUT2D eigenvalue weighted by Gasteiger charge is -2.07. The van der Waals surface area contributed by atoms with E-state index in [1.165, 1.54) is 10.9 Å². The summed E-state index contributed by atoms with van der Waals surface area (Å²) in [6.45, 7) is 2.66. The maximum Gasteiger partial charge on any atom is 0.264 e. The van der Waals surface area contributed by atoms with Gasteiger partial charge in [-0.2, -0.15) is 5.10 Å². The smallest absolute Gasteiger partial charge is 0.264 e. The van der Waals surface area contributed by atoms with Crippen molar-refractivity contribution in [3.63, 3.8) is 0 Å². The lowest BCUT2D eigenvalue weighted by Crippen LogP contribution is -2.07. The van der Waals surface area contributed by atoms with Gasteiger partial charge in [-0.05, 0) is 13.3 Å². The molecule has 0 saturated carbocycles. The van der Waals surface area contributed by atoms with E-state index in [1.54, 1.807) is 0 Å². The van der Waals surface area contributed by atoms with Crippen LogP contribution >= 0.6 is 10.7 Å². The van der Waals surface area contributed by atoms with E-state index in [0.29, 0.717) is 0 Å². The van der Waals surface area contributed by atoms with Crippen molar-refractivity contribution in [2.45, 2.75) is 44.2 Å². The van der Waals surface area contributed by atoms with Crippen molar-refractivity contribution in [3.05, 3.63) is 11.9 Å². The molecule has 1 aromatic heterocycles. The van der Waals surface area contributed by atoms with E-state index in [9.17, 15) is 17.2 Å². The van der Waals surface area contributed by atoms with Gasteiger partial charge in [-0.15, -0.1) is 0 Å². The van der Waals surface area contributed by atoms with Gasteiger partial charge in [0.05, 0.1) is 6.61 Å². The Bertz CT molecular complexity index is 519. The molecule has 0 aliphatic carbocycles. The summed E-state index contributed by atoms with van der Waals surface area (Å²) in [5.41, 5.74) is 0.0379. The van der Waals surface area contributed by atoms with Gasteiger partial charge in [0.15, 0.2) is 0 Å². The molecule has 1 heterocycles. The Morgan fingerprint density at radius 1 is 1.53 bits per heavy atom. The zero-order valence-electron chi connectivity index (χ0n) is 10.5. The molecule has 0 unspecified atom stereocenters. The zero-order chi connectivity index (χ0) is 14.6. The van der Waals surface area contributed by atoms with Crippen molar-refractivity contribution in [1.82, 2.24) is 9.78 Å². The number of alkyl halides is 2. The number of aromatic nitrogens is 2. The molecule has 0 spiro atoms. The van der Waals surface area contributed by atoms with Crippen LogP contribution in [0.25, 0.3) is 0 Å². The average Bonchev–Trinajstić information content (AvgIpc) is 2.71. The SMILES string of the molecule is CC[C@H](C)n1cc(S(=O)(=O)Cl)c(COCC(F)F)n1. The summed E-state index contributed by atoms with van der Waals surface area (Å²) >= 11 is 0. The summed E-state index contributed by atoms with van der Waals surface area (Å²) in [7, 11) is 1.30. The lowest BCUT2D eigenvalue weighted by molar-refractivity contribution is 0.00800. The minimum absolute atomic E-state index is 0.0268. The predicted octanol–water partition coefficient (Wildman–Crippen LogP) is 2.56. The largest absolute Gasteiger partial charge is 0.369 e. The number of nitrogens with zero attached hydrogens (tertiary/aromatic N) is 2. The van der Waals surface area contributed by atoms with Crippen LogP contribution in [0.15, 0.2) is 11.1 Å². The second-order valence-electron chi connectivity index (χ2n) is 4.02. The molecule has 1 atom stereocenters. The Balaban J connectivity index is 2.97. The molecule has 5 nitrogen and oxygen atoms in total. The van der Waals surface area contributed by atoms with E-state index in [1.807, 2.05) is 13.8 Å². The lowest BCUT2D eigenvalue weighted by atomic mass is 10.3. The summed E-state index contributed by atoms with van der Waals surface area (Å²) < 4.78 is 52.8. The summed E-state index contributed by atoms with van der Waals surface area (Å²) in [4.78, 5) is -0.205. The molecular formula is C10H15ClF2N2O3S. The summed E-state index contributed by atoms with van der Waals surface area (Å²) in [6, 6.07) is -0.0268. The van der Waals surface area contributed by atoms with E-state index >= 15 is 0 Å². The van der Waals surface area contributed by atoms with Gasteiger partial charge < -0.3 is 4.74 Å². The number of ether oxygens (including phenoxy) is 1. The highest BCUT2D eigenvalue weighted by Crippen LogP contribution is 2.22. The Morgan fingerprint density at radius 3 is 2.63 bits per heavy atom. The molecule has 0 fully saturated rings. The molecule has 110 valence electrons. The molecule has 9 heteroatoms. The van der Waals surface area contributed by atoms with Gasteiger partial charge >= 0.3 is 0 Å². The van der Waals surface area contributed by atoms with E-state index in [0.717, 1.165) is 6.42 Å². The highest BCUT2D eigenvalue weighted by atomic mass is 35.7. The minimum Gasteiger partial charge on any atom is -0.369 e. The molecule has 1 aromatic rings. The normalized spacial score (nSPS) is 14.0. The third kappa shape index (κ3) is 4.70. The Hall–Kier alpha value is -0.730. The Labute approximate surface area is 114 Å². The van der Waals surface area contributed by atoms with Crippen LogP contribution in [-0.2, 0) is 20.4 Å². The number of rotatable bonds is 7. The van der Waals surface area contributed by atoms with Crippen LogP contribution in [0.3, 0.4) is 0 Å². The van der Waals surface area contributed by atoms with Crippen LogP contribution in [0.4, 0.5) is 8.78 Å². The first-order chi connectivity index (χ1) is 8.75. The fourth-order valence-corrected chi connectivity index (χ4v) is 2.38. The maximum absolute atomic E-state index is 12.0. The highest BCUT2D eigenvalue weighted by Gasteiger charge is 2.22. The summed E-state index contributed by atoms with van der Waals surface area (Å²) in [5.74, 6) is 0. The van der Waals surface area contributed by atoms with Gasteiger partial charge in [0.2, 0.25) is 0 Å². The van der Waals surface area contributed by atoms with Crippen LogP contribution in [0.5, 0.6) is 0 Å². The molecule has 0 radical (unpaired) electrons. The molecule has 0 N–H and O–H groups in total. The molecule has 0 aliphatic heterocycles. The molecule has 19 heavy (non-hydrogen) atoms. The van der Waals surface area contributed by atoms with Crippen molar-refractivity contribution in [2.75, 3.05) is 6.61 Å². The van der Waals surface area contributed by atoms with E-state index in [-0.39, 0.29) is 23.2 Å². The Kier molecular flexibility index (Phi) is 5.69. The van der Waals surface area contributed by atoms with Crippen molar-refractivity contribution in [3.8, 4) is 0 Å². The molecule has 1 rings (SSSR count). The first-order valence-electron chi connectivity index (χ1n) is 5.64. The quantitative estimate of drug-likeness (QED) is 0.725. The summed E-state index contributed by atoms with van der Waals surface area (Å²) in [5, 5.41) is 4.03.